The van der Waals surface area contributed by atoms with Crippen molar-refractivity contribution < 1.29 is 19.6 Å². The molecule has 25 heavy (non-hydrogen) atoms. The summed E-state index contributed by atoms with van der Waals surface area (Å²) in [5, 5.41) is 22.3. The summed E-state index contributed by atoms with van der Waals surface area (Å²) in [5.41, 5.74) is 2.21. The van der Waals surface area contributed by atoms with Crippen molar-refractivity contribution in [3.8, 4) is 0 Å². The number of rotatable bonds is 7. The number of benzene rings is 2. The molecule has 0 aliphatic carbocycles. The van der Waals surface area contributed by atoms with E-state index in [0.717, 1.165) is 11.1 Å². The SMILES string of the molecule is Cc1cccc(CC(CC(=O)O)C(=O)Nc2ccc([N+](=O)[O-])cc2)c1. The molecule has 2 aromatic carbocycles. The van der Waals surface area contributed by atoms with Crippen LogP contribution in [0.15, 0.2) is 48.5 Å². The third-order valence-corrected chi connectivity index (χ3v) is 3.70. The van der Waals surface area contributed by atoms with Crippen molar-refractivity contribution >= 4 is 23.3 Å². The molecule has 1 amide bonds. The van der Waals surface area contributed by atoms with E-state index in [2.05, 4.69) is 5.32 Å². The van der Waals surface area contributed by atoms with Crippen molar-refractivity contribution in [1.82, 2.24) is 0 Å². The van der Waals surface area contributed by atoms with Crippen LogP contribution in [0, 0.1) is 23.0 Å². The number of anilines is 1. The molecule has 0 aliphatic heterocycles. The number of aryl methyl sites for hydroxylation is 1. The highest BCUT2D eigenvalue weighted by Crippen LogP contribution is 2.19. The lowest BCUT2D eigenvalue weighted by atomic mass is 9.94. The van der Waals surface area contributed by atoms with Crippen LogP contribution in [0.4, 0.5) is 11.4 Å². The van der Waals surface area contributed by atoms with Crippen molar-refractivity contribution in [1.29, 1.82) is 0 Å². The molecule has 2 N–H and O–H groups in total. The molecule has 0 heterocycles. The quantitative estimate of drug-likeness (QED) is 0.593. The van der Waals surface area contributed by atoms with Gasteiger partial charge in [-0.25, -0.2) is 0 Å². The smallest absolute Gasteiger partial charge is 0.304 e. The van der Waals surface area contributed by atoms with Gasteiger partial charge in [-0.3, -0.25) is 19.7 Å². The first-order valence-electron chi connectivity index (χ1n) is 7.68. The Morgan fingerprint density at radius 3 is 2.44 bits per heavy atom. The van der Waals surface area contributed by atoms with E-state index >= 15 is 0 Å². The van der Waals surface area contributed by atoms with E-state index in [1.54, 1.807) is 0 Å². The Bertz CT molecular complexity index is 786. The average Bonchev–Trinajstić information content (AvgIpc) is 2.54. The molecule has 0 spiro atoms. The Hall–Kier alpha value is -3.22. The summed E-state index contributed by atoms with van der Waals surface area (Å²) in [6.07, 6.45) is -0.000445. The van der Waals surface area contributed by atoms with Crippen molar-refractivity contribution in [2.45, 2.75) is 19.8 Å². The number of nitrogens with zero attached hydrogens (tertiary/aromatic N) is 1. The first-order chi connectivity index (χ1) is 11.8. The summed E-state index contributed by atoms with van der Waals surface area (Å²) in [5.74, 6) is -2.23. The number of carboxylic acids is 1. The Kier molecular flexibility index (Phi) is 5.84. The normalized spacial score (nSPS) is 11.6. The Balaban J connectivity index is 2.12. The van der Waals surface area contributed by atoms with Crippen LogP contribution >= 0.6 is 0 Å². The van der Waals surface area contributed by atoms with Crippen LogP contribution in [-0.4, -0.2) is 21.9 Å². The number of hydrogen-bond acceptors (Lipinski definition) is 4. The molecule has 0 radical (unpaired) electrons. The van der Waals surface area contributed by atoms with E-state index < -0.39 is 22.7 Å². The number of nitro benzene ring substituents is 1. The lowest BCUT2D eigenvalue weighted by molar-refractivity contribution is -0.384. The lowest BCUT2D eigenvalue weighted by Gasteiger charge is -2.15. The monoisotopic (exact) mass is 342 g/mol. The number of amides is 1. The van der Waals surface area contributed by atoms with Crippen LogP contribution in [-0.2, 0) is 16.0 Å². The van der Waals surface area contributed by atoms with Crippen molar-refractivity contribution in [3.05, 3.63) is 69.8 Å². The van der Waals surface area contributed by atoms with Gasteiger partial charge in [0.05, 0.1) is 17.3 Å². The molecule has 2 rings (SSSR count). The molecule has 0 bridgehead atoms. The molecule has 1 unspecified atom stereocenters. The summed E-state index contributed by atoms with van der Waals surface area (Å²) in [6.45, 7) is 1.92. The highest BCUT2D eigenvalue weighted by atomic mass is 16.6. The molecule has 130 valence electrons. The zero-order chi connectivity index (χ0) is 18.4. The summed E-state index contributed by atoms with van der Waals surface area (Å²) < 4.78 is 0. The van der Waals surface area contributed by atoms with Gasteiger partial charge in [-0.15, -0.1) is 0 Å². The van der Waals surface area contributed by atoms with E-state index in [4.69, 9.17) is 5.11 Å². The van der Waals surface area contributed by atoms with Gasteiger partial charge in [0.15, 0.2) is 0 Å². The molecule has 7 nitrogen and oxygen atoms in total. The van der Waals surface area contributed by atoms with E-state index in [-0.39, 0.29) is 12.1 Å². The fourth-order valence-corrected chi connectivity index (χ4v) is 2.50. The first kappa shape index (κ1) is 18.1. The molecule has 1 atom stereocenters. The Labute approximate surface area is 144 Å². The van der Waals surface area contributed by atoms with Gasteiger partial charge in [-0.1, -0.05) is 29.8 Å². The maximum absolute atomic E-state index is 12.4. The zero-order valence-electron chi connectivity index (χ0n) is 13.6. The predicted octanol–water partition coefficient (Wildman–Crippen LogP) is 3.18. The summed E-state index contributed by atoms with van der Waals surface area (Å²) in [7, 11) is 0. The van der Waals surface area contributed by atoms with E-state index in [0.29, 0.717) is 12.1 Å². The summed E-state index contributed by atoms with van der Waals surface area (Å²) in [4.78, 5) is 33.7. The third-order valence-electron chi connectivity index (χ3n) is 3.70. The zero-order valence-corrected chi connectivity index (χ0v) is 13.6. The van der Waals surface area contributed by atoms with E-state index in [9.17, 15) is 19.7 Å². The molecule has 2 aromatic rings. The number of non-ortho nitro benzene ring substituents is 1. The Morgan fingerprint density at radius 2 is 1.88 bits per heavy atom. The first-order valence-corrected chi connectivity index (χ1v) is 7.68. The molecular weight excluding hydrogens is 324 g/mol. The van der Waals surface area contributed by atoms with Gasteiger partial charge in [0, 0.05) is 17.8 Å². The largest absolute Gasteiger partial charge is 0.481 e. The van der Waals surface area contributed by atoms with Crippen molar-refractivity contribution in [2.24, 2.45) is 5.92 Å². The molecule has 7 heteroatoms. The number of nitrogens with one attached hydrogen (secondary N) is 1. The minimum absolute atomic E-state index is 0.0835. The molecular formula is C18H18N2O5. The van der Waals surface area contributed by atoms with Gasteiger partial charge >= 0.3 is 5.97 Å². The van der Waals surface area contributed by atoms with Crippen molar-refractivity contribution in [2.75, 3.05) is 5.32 Å². The highest BCUT2D eigenvalue weighted by molar-refractivity contribution is 5.94. The third kappa shape index (κ3) is 5.42. The second-order valence-corrected chi connectivity index (χ2v) is 5.78. The van der Waals surface area contributed by atoms with Gasteiger partial charge in [0.25, 0.3) is 5.69 Å². The number of carboxylic acid groups (broad SMARTS) is 1. The van der Waals surface area contributed by atoms with Crippen LogP contribution in [0.25, 0.3) is 0 Å². The number of carbonyl (C=O) groups excluding carboxylic acids is 1. The second-order valence-electron chi connectivity index (χ2n) is 5.78. The van der Waals surface area contributed by atoms with Gasteiger partial charge in [0.1, 0.15) is 0 Å². The molecule has 0 saturated heterocycles. The average molecular weight is 342 g/mol. The molecule has 0 aliphatic rings. The number of aliphatic carboxylic acids is 1. The van der Waals surface area contributed by atoms with Crippen LogP contribution in [0.5, 0.6) is 0 Å². The Morgan fingerprint density at radius 1 is 1.20 bits per heavy atom. The summed E-state index contributed by atoms with van der Waals surface area (Å²) in [6, 6.07) is 12.9. The molecule has 0 aromatic heterocycles. The maximum Gasteiger partial charge on any atom is 0.304 e. The molecule has 0 fully saturated rings. The number of carbonyl (C=O) groups is 2. The maximum atomic E-state index is 12.4. The minimum Gasteiger partial charge on any atom is -0.481 e. The number of hydrogen-bond donors (Lipinski definition) is 2. The second kappa shape index (κ2) is 8.05. The molecule has 0 saturated carbocycles. The van der Waals surface area contributed by atoms with Crippen LogP contribution in [0.3, 0.4) is 0 Å². The fraction of sp³-hybridized carbons (Fsp3) is 0.222. The topological polar surface area (TPSA) is 110 Å². The number of nitro groups is 1. The highest BCUT2D eigenvalue weighted by Gasteiger charge is 2.22. The summed E-state index contributed by atoms with van der Waals surface area (Å²) >= 11 is 0. The minimum atomic E-state index is -1.06. The van der Waals surface area contributed by atoms with Crippen molar-refractivity contribution in [3.63, 3.8) is 0 Å². The van der Waals surface area contributed by atoms with E-state index in [1.165, 1.54) is 24.3 Å². The fourth-order valence-electron chi connectivity index (χ4n) is 2.50. The van der Waals surface area contributed by atoms with Gasteiger partial charge in [-0.2, -0.15) is 0 Å². The standard InChI is InChI=1S/C18H18N2O5/c1-12-3-2-4-13(9-12)10-14(11-17(21)22)18(23)19-15-5-7-16(8-6-15)20(24)25/h2-9,14H,10-11H2,1H3,(H,19,23)(H,21,22). The van der Waals surface area contributed by atoms with Gasteiger partial charge < -0.3 is 10.4 Å². The van der Waals surface area contributed by atoms with Crippen LogP contribution in [0.1, 0.15) is 17.5 Å². The lowest BCUT2D eigenvalue weighted by Crippen LogP contribution is -2.27. The predicted molar refractivity (Wildman–Crippen MR) is 92.4 cm³/mol. The van der Waals surface area contributed by atoms with Gasteiger partial charge in [0.2, 0.25) is 5.91 Å². The van der Waals surface area contributed by atoms with Gasteiger partial charge in [-0.05, 0) is 31.0 Å². The van der Waals surface area contributed by atoms with E-state index in [1.807, 2.05) is 31.2 Å². The van der Waals surface area contributed by atoms with Crippen LogP contribution in [0.2, 0.25) is 0 Å². The van der Waals surface area contributed by atoms with Crippen LogP contribution < -0.4 is 5.32 Å².